The van der Waals surface area contributed by atoms with Gasteiger partial charge in [-0.15, -0.1) is 0 Å². The normalized spacial score (nSPS) is 13.4. The van der Waals surface area contributed by atoms with Gasteiger partial charge in [0, 0.05) is 22.3 Å². The lowest BCUT2D eigenvalue weighted by atomic mass is 9.97. The molecule has 24 heavy (non-hydrogen) atoms. The van der Waals surface area contributed by atoms with Gasteiger partial charge in [0.1, 0.15) is 0 Å². The van der Waals surface area contributed by atoms with Gasteiger partial charge in [0.2, 0.25) is 0 Å². The van der Waals surface area contributed by atoms with Crippen LogP contribution in [0, 0.1) is 5.92 Å². The molecule has 5 nitrogen and oxygen atoms in total. The number of carbonyl (C=O) groups excluding carboxylic acids is 3. The predicted molar refractivity (Wildman–Crippen MR) is 86.4 cm³/mol. The lowest BCUT2D eigenvalue weighted by molar-refractivity contribution is -0.309. The van der Waals surface area contributed by atoms with Crippen LogP contribution in [0.2, 0.25) is 0 Å². The molecule has 1 N–H and O–H groups in total. The molecule has 0 saturated carbocycles. The van der Waals surface area contributed by atoms with E-state index in [1.807, 2.05) is 0 Å². The number of hydrogen-bond acceptors (Lipinski definition) is 4. The van der Waals surface area contributed by atoms with Crippen molar-refractivity contribution in [3.8, 4) is 11.1 Å². The summed E-state index contributed by atoms with van der Waals surface area (Å²) in [4.78, 5) is 36.3. The number of carboxylic acids is 1. The number of hydrogen-bond donors (Lipinski definition) is 1. The van der Waals surface area contributed by atoms with Crippen LogP contribution >= 0.6 is 0 Å². The molecule has 1 aliphatic rings. The van der Waals surface area contributed by atoms with Gasteiger partial charge in [-0.2, -0.15) is 0 Å². The Morgan fingerprint density at radius 3 is 2.21 bits per heavy atom. The number of aliphatic carboxylic acids is 1. The molecule has 0 aliphatic heterocycles. The van der Waals surface area contributed by atoms with Crippen molar-refractivity contribution in [2.75, 3.05) is 0 Å². The maximum Gasteiger partial charge on any atom is 0.252 e. The van der Waals surface area contributed by atoms with Crippen molar-refractivity contribution in [3.05, 3.63) is 59.2 Å². The average molecular weight is 322 g/mol. The van der Waals surface area contributed by atoms with E-state index < -0.39 is 17.9 Å². The minimum Gasteiger partial charge on any atom is -0.548 e. The SMILES string of the molecule is CC(C)[C@H](NC(=O)c1cccc2c1-c1ccccc1C2=O)C(=O)[O-]. The Bertz CT molecular complexity index is 854. The zero-order valence-electron chi connectivity index (χ0n) is 13.3. The first-order valence-electron chi connectivity index (χ1n) is 7.70. The summed E-state index contributed by atoms with van der Waals surface area (Å²) in [5.74, 6) is -2.30. The molecule has 122 valence electrons. The minimum atomic E-state index is -1.33. The molecular weight excluding hydrogens is 306 g/mol. The molecule has 0 aromatic heterocycles. The Morgan fingerprint density at radius 2 is 1.58 bits per heavy atom. The fourth-order valence-electron chi connectivity index (χ4n) is 2.98. The molecule has 0 radical (unpaired) electrons. The van der Waals surface area contributed by atoms with Crippen molar-refractivity contribution >= 4 is 17.7 Å². The largest absolute Gasteiger partial charge is 0.548 e. The Labute approximate surface area is 139 Å². The van der Waals surface area contributed by atoms with E-state index in [2.05, 4.69) is 5.32 Å². The van der Waals surface area contributed by atoms with Gasteiger partial charge in [0.15, 0.2) is 5.78 Å². The summed E-state index contributed by atoms with van der Waals surface area (Å²) in [6.07, 6.45) is 0. The second-order valence-corrected chi connectivity index (χ2v) is 6.12. The van der Waals surface area contributed by atoms with E-state index in [4.69, 9.17) is 0 Å². The zero-order chi connectivity index (χ0) is 17.4. The monoisotopic (exact) mass is 322 g/mol. The highest BCUT2D eigenvalue weighted by atomic mass is 16.4. The number of amides is 1. The van der Waals surface area contributed by atoms with E-state index in [0.717, 1.165) is 0 Å². The van der Waals surface area contributed by atoms with E-state index in [9.17, 15) is 19.5 Å². The molecule has 2 aromatic rings. The molecule has 1 atom stereocenters. The maximum atomic E-state index is 12.6. The van der Waals surface area contributed by atoms with Crippen molar-refractivity contribution in [3.63, 3.8) is 0 Å². The molecule has 5 heteroatoms. The number of carboxylic acid groups (broad SMARTS) is 1. The van der Waals surface area contributed by atoms with Crippen molar-refractivity contribution < 1.29 is 19.5 Å². The van der Waals surface area contributed by atoms with Gasteiger partial charge < -0.3 is 15.2 Å². The number of benzene rings is 2. The summed E-state index contributed by atoms with van der Waals surface area (Å²) in [7, 11) is 0. The number of fused-ring (bicyclic) bond motifs is 3. The predicted octanol–water partition coefficient (Wildman–Crippen LogP) is 1.40. The minimum absolute atomic E-state index is 0.129. The Balaban J connectivity index is 2.05. The fourth-order valence-corrected chi connectivity index (χ4v) is 2.98. The number of nitrogens with one attached hydrogen (secondary N) is 1. The third-order valence-electron chi connectivity index (χ3n) is 4.20. The van der Waals surface area contributed by atoms with Gasteiger partial charge in [0.05, 0.1) is 12.0 Å². The van der Waals surface area contributed by atoms with Crippen LogP contribution in [0.1, 0.15) is 40.1 Å². The first-order chi connectivity index (χ1) is 11.4. The number of ketones is 1. The second kappa shape index (κ2) is 5.92. The summed E-state index contributed by atoms with van der Waals surface area (Å²) in [5.41, 5.74) is 2.54. The van der Waals surface area contributed by atoms with Crippen LogP contribution in [0.4, 0.5) is 0 Å². The molecule has 0 spiro atoms. The third kappa shape index (κ3) is 2.48. The summed E-state index contributed by atoms with van der Waals surface area (Å²) in [5, 5.41) is 13.7. The molecule has 1 amide bonds. The highest BCUT2D eigenvalue weighted by Gasteiger charge is 2.30. The molecule has 0 fully saturated rings. The molecular formula is C19H16NO4-. The van der Waals surface area contributed by atoms with Crippen molar-refractivity contribution in [1.29, 1.82) is 0 Å². The van der Waals surface area contributed by atoms with E-state index >= 15 is 0 Å². The highest BCUT2D eigenvalue weighted by molar-refractivity contribution is 6.24. The van der Waals surface area contributed by atoms with Crippen LogP contribution in [0.15, 0.2) is 42.5 Å². The topological polar surface area (TPSA) is 86.3 Å². The van der Waals surface area contributed by atoms with Crippen molar-refractivity contribution in [2.45, 2.75) is 19.9 Å². The maximum absolute atomic E-state index is 12.6. The fraction of sp³-hybridized carbons (Fsp3) is 0.211. The smallest absolute Gasteiger partial charge is 0.252 e. The van der Waals surface area contributed by atoms with Crippen LogP contribution in [0.5, 0.6) is 0 Å². The van der Waals surface area contributed by atoms with Crippen molar-refractivity contribution in [1.82, 2.24) is 5.32 Å². The summed E-state index contributed by atoms with van der Waals surface area (Å²) in [6.45, 7) is 3.38. The van der Waals surface area contributed by atoms with E-state index in [0.29, 0.717) is 22.3 Å². The summed E-state index contributed by atoms with van der Waals surface area (Å²) >= 11 is 0. The zero-order valence-corrected chi connectivity index (χ0v) is 13.3. The first kappa shape index (κ1) is 15.9. The van der Waals surface area contributed by atoms with Gasteiger partial charge >= 0.3 is 0 Å². The lowest BCUT2D eigenvalue weighted by Crippen LogP contribution is -2.50. The molecule has 2 aromatic carbocycles. The standard InChI is InChI=1S/C19H17NO4/c1-10(2)16(19(23)24)20-18(22)14-9-5-8-13-15(14)11-6-3-4-7-12(11)17(13)21/h3-10,16H,1-2H3,(H,20,22)(H,23,24)/p-1/t16-/m0/s1. The van der Waals surface area contributed by atoms with Crippen molar-refractivity contribution in [2.24, 2.45) is 5.92 Å². The lowest BCUT2D eigenvalue weighted by Gasteiger charge is -2.23. The molecule has 1 aliphatic carbocycles. The third-order valence-corrected chi connectivity index (χ3v) is 4.20. The van der Waals surface area contributed by atoms with Crippen LogP contribution in [0.25, 0.3) is 11.1 Å². The van der Waals surface area contributed by atoms with Gasteiger partial charge in [-0.25, -0.2) is 0 Å². The Morgan fingerprint density at radius 1 is 0.958 bits per heavy atom. The molecule has 0 unspecified atom stereocenters. The van der Waals surface area contributed by atoms with Gasteiger partial charge in [0.25, 0.3) is 5.91 Å². The highest BCUT2D eigenvalue weighted by Crippen LogP contribution is 2.38. The van der Waals surface area contributed by atoms with Crippen LogP contribution in [-0.2, 0) is 4.79 Å². The van der Waals surface area contributed by atoms with Crippen LogP contribution in [0.3, 0.4) is 0 Å². The Kier molecular flexibility index (Phi) is 3.93. The molecule has 0 heterocycles. The molecule has 0 saturated heterocycles. The van der Waals surface area contributed by atoms with Crippen LogP contribution < -0.4 is 10.4 Å². The Hall–Kier alpha value is -2.95. The van der Waals surface area contributed by atoms with E-state index in [-0.39, 0.29) is 17.3 Å². The van der Waals surface area contributed by atoms with E-state index in [1.165, 1.54) is 0 Å². The second-order valence-electron chi connectivity index (χ2n) is 6.12. The number of carbonyl (C=O) groups is 3. The van der Waals surface area contributed by atoms with Gasteiger partial charge in [-0.05, 0) is 17.5 Å². The quantitative estimate of drug-likeness (QED) is 0.787. The first-order valence-corrected chi connectivity index (χ1v) is 7.70. The number of rotatable bonds is 4. The molecule has 0 bridgehead atoms. The van der Waals surface area contributed by atoms with E-state index in [1.54, 1.807) is 56.3 Å². The molecule has 3 rings (SSSR count). The average Bonchev–Trinajstić information content (AvgIpc) is 2.85. The van der Waals surface area contributed by atoms with Gasteiger partial charge in [-0.3, -0.25) is 9.59 Å². The summed E-state index contributed by atoms with van der Waals surface area (Å²) < 4.78 is 0. The van der Waals surface area contributed by atoms with Crippen LogP contribution in [-0.4, -0.2) is 23.7 Å². The van der Waals surface area contributed by atoms with Gasteiger partial charge in [-0.1, -0.05) is 50.2 Å². The summed E-state index contributed by atoms with van der Waals surface area (Å²) in [6, 6.07) is 10.9.